The van der Waals surface area contributed by atoms with E-state index < -0.39 is 17.7 Å². The predicted octanol–water partition coefficient (Wildman–Crippen LogP) is 4.48. The molecule has 0 aliphatic carbocycles. The van der Waals surface area contributed by atoms with Crippen LogP contribution in [0.1, 0.15) is 29.0 Å². The van der Waals surface area contributed by atoms with Crippen molar-refractivity contribution in [2.24, 2.45) is 7.05 Å². The molecule has 1 N–H and O–H groups in total. The molecular weight excluding hydrogens is 381 g/mol. The molecule has 0 spiro atoms. The summed E-state index contributed by atoms with van der Waals surface area (Å²) in [6.07, 6.45) is -2.79. The van der Waals surface area contributed by atoms with Crippen LogP contribution in [-0.2, 0) is 22.8 Å². The van der Waals surface area contributed by atoms with Gasteiger partial charge in [-0.1, -0.05) is 36.4 Å². The molecule has 4 nitrogen and oxygen atoms in total. The topological polar surface area (TPSA) is 43.3 Å². The molecule has 0 aliphatic rings. The van der Waals surface area contributed by atoms with Crippen LogP contribution in [0.4, 0.5) is 13.2 Å². The summed E-state index contributed by atoms with van der Waals surface area (Å²) in [6.45, 7) is 0.641. The molecule has 1 unspecified atom stereocenters. The fourth-order valence-corrected chi connectivity index (χ4v) is 3.65. The summed E-state index contributed by atoms with van der Waals surface area (Å²) in [5.74, 6) is -1.06. The Labute approximate surface area is 167 Å². The monoisotopic (exact) mass is 404 g/mol. The third kappa shape index (κ3) is 4.62. The van der Waals surface area contributed by atoms with Crippen molar-refractivity contribution >= 4 is 16.8 Å². The molecule has 0 bridgehead atoms. The number of nitrogens with one attached hydrogen (secondary N) is 1. The first-order valence-electron chi connectivity index (χ1n) is 9.28. The normalized spacial score (nSPS) is 12.9. The number of hydrogen-bond acceptors (Lipinski definition) is 2. The summed E-state index contributed by atoms with van der Waals surface area (Å²) >= 11 is 0. The van der Waals surface area contributed by atoms with Crippen LogP contribution >= 0.6 is 0 Å². The number of hydrogen-bond donors (Lipinski definition) is 1. The average molecular weight is 404 g/mol. The van der Waals surface area contributed by atoms with Crippen molar-refractivity contribution in [3.8, 4) is 0 Å². The van der Waals surface area contributed by atoms with Gasteiger partial charge in [0.2, 0.25) is 5.91 Å². The fraction of sp³-hybridized carbons (Fsp3) is 0.318. The van der Waals surface area contributed by atoms with Gasteiger partial charge in [-0.05, 0) is 23.3 Å². The van der Waals surface area contributed by atoms with E-state index >= 15 is 0 Å². The van der Waals surface area contributed by atoms with E-state index in [9.17, 15) is 18.0 Å². The number of carbonyl (C=O) groups excluding carboxylic acids is 1. The lowest BCUT2D eigenvalue weighted by Gasteiger charge is -2.21. The zero-order valence-electron chi connectivity index (χ0n) is 16.3. The fourth-order valence-electron chi connectivity index (χ4n) is 3.65. The van der Waals surface area contributed by atoms with E-state index in [4.69, 9.17) is 4.74 Å². The van der Waals surface area contributed by atoms with Gasteiger partial charge in [0.25, 0.3) is 0 Å². The van der Waals surface area contributed by atoms with E-state index in [-0.39, 0.29) is 17.9 Å². The van der Waals surface area contributed by atoms with Crippen LogP contribution in [0.15, 0.2) is 54.7 Å². The summed E-state index contributed by atoms with van der Waals surface area (Å²) in [5, 5.41) is 3.55. The highest BCUT2D eigenvalue weighted by atomic mass is 19.4. The molecule has 1 atom stereocenters. The number of carbonyl (C=O) groups is 1. The van der Waals surface area contributed by atoms with E-state index in [1.54, 1.807) is 6.07 Å². The van der Waals surface area contributed by atoms with Crippen molar-refractivity contribution < 1.29 is 22.7 Å². The molecule has 1 aromatic heterocycles. The van der Waals surface area contributed by atoms with Crippen molar-refractivity contribution in [3.63, 3.8) is 0 Å². The Morgan fingerprint density at radius 2 is 1.79 bits per heavy atom. The molecule has 3 rings (SSSR count). The number of nitrogens with zero attached hydrogens (tertiary/aromatic N) is 1. The Bertz CT molecular complexity index is 995. The van der Waals surface area contributed by atoms with Crippen LogP contribution in [-0.4, -0.2) is 30.7 Å². The number of ether oxygens (including phenoxy) is 1. The van der Waals surface area contributed by atoms with Gasteiger partial charge in [-0.25, -0.2) is 0 Å². The molecule has 2 aromatic carbocycles. The van der Waals surface area contributed by atoms with E-state index in [1.165, 1.54) is 19.2 Å². The molecule has 29 heavy (non-hydrogen) atoms. The Balaban J connectivity index is 2.09. The van der Waals surface area contributed by atoms with Crippen molar-refractivity contribution in [1.29, 1.82) is 0 Å². The minimum Gasteiger partial charge on any atom is -0.383 e. The lowest BCUT2D eigenvalue weighted by atomic mass is 9.85. The van der Waals surface area contributed by atoms with Crippen molar-refractivity contribution in [2.75, 3.05) is 20.3 Å². The van der Waals surface area contributed by atoms with Crippen molar-refractivity contribution in [1.82, 2.24) is 9.88 Å². The number of benzene rings is 2. The Hall–Kier alpha value is -2.80. The van der Waals surface area contributed by atoms with Gasteiger partial charge in [0.15, 0.2) is 0 Å². The maximum atomic E-state index is 13.7. The highest BCUT2D eigenvalue weighted by Gasteiger charge is 2.36. The predicted molar refractivity (Wildman–Crippen MR) is 106 cm³/mol. The number of alkyl halides is 3. The van der Waals surface area contributed by atoms with Gasteiger partial charge in [0.1, 0.15) is 0 Å². The first kappa shape index (κ1) is 20.9. The highest BCUT2D eigenvalue weighted by Crippen LogP contribution is 2.41. The third-order valence-electron chi connectivity index (χ3n) is 4.96. The van der Waals surface area contributed by atoms with E-state index in [0.717, 1.165) is 17.0 Å². The molecule has 3 aromatic rings. The van der Waals surface area contributed by atoms with Gasteiger partial charge in [0.05, 0.1) is 12.2 Å². The van der Waals surface area contributed by atoms with Crippen molar-refractivity contribution in [2.45, 2.75) is 18.5 Å². The van der Waals surface area contributed by atoms with Crippen LogP contribution in [0.5, 0.6) is 0 Å². The van der Waals surface area contributed by atoms with E-state index in [2.05, 4.69) is 5.32 Å². The average Bonchev–Trinajstić information content (AvgIpc) is 3.02. The lowest BCUT2D eigenvalue weighted by molar-refractivity contribution is -0.138. The van der Waals surface area contributed by atoms with Crippen molar-refractivity contribution in [3.05, 3.63) is 71.4 Å². The Morgan fingerprint density at radius 3 is 2.52 bits per heavy atom. The maximum absolute atomic E-state index is 13.7. The van der Waals surface area contributed by atoms with Gasteiger partial charge in [0, 0.05) is 50.1 Å². The number of para-hydroxylation sites is 1. The van der Waals surface area contributed by atoms with E-state index in [0.29, 0.717) is 18.7 Å². The zero-order chi connectivity index (χ0) is 21.0. The van der Waals surface area contributed by atoms with Crippen LogP contribution in [0.2, 0.25) is 0 Å². The zero-order valence-corrected chi connectivity index (χ0v) is 16.3. The highest BCUT2D eigenvalue weighted by molar-refractivity contribution is 5.86. The number of methoxy groups -OCH3 is 1. The minimum absolute atomic E-state index is 0.0924. The summed E-state index contributed by atoms with van der Waals surface area (Å²) in [5.41, 5.74) is 0.972. The standard InChI is InChI=1S/C22H23F3N2O2/c1-27-14-18(16-8-4-6-10-20(16)27)17(13-21(28)26-11-12-29-2)15-7-3-5-9-19(15)22(23,24)25/h3-10,14,17H,11-13H2,1-2H3,(H,26,28). The lowest BCUT2D eigenvalue weighted by Crippen LogP contribution is -2.29. The second-order valence-electron chi connectivity index (χ2n) is 6.90. The van der Waals surface area contributed by atoms with Crippen LogP contribution < -0.4 is 5.32 Å². The second-order valence-corrected chi connectivity index (χ2v) is 6.90. The van der Waals surface area contributed by atoms with Crippen LogP contribution in [0.25, 0.3) is 10.9 Å². The van der Waals surface area contributed by atoms with Gasteiger partial charge >= 0.3 is 6.18 Å². The molecule has 1 heterocycles. The van der Waals surface area contributed by atoms with Gasteiger partial charge in [-0.15, -0.1) is 0 Å². The molecular formula is C22H23F3N2O2. The number of rotatable bonds is 7. The third-order valence-corrected chi connectivity index (χ3v) is 4.96. The number of aryl methyl sites for hydroxylation is 1. The summed E-state index contributed by atoms with van der Waals surface area (Å²) in [6, 6.07) is 13.0. The van der Waals surface area contributed by atoms with Crippen LogP contribution in [0, 0.1) is 0 Å². The first-order chi connectivity index (χ1) is 13.8. The van der Waals surface area contributed by atoms with Gasteiger partial charge in [-0.3, -0.25) is 4.79 Å². The molecule has 0 saturated heterocycles. The second kappa shape index (κ2) is 8.69. The molecule has 1 amide bonds. The largest absolute Gasteiger partial charge is 0.416 e. The summed E-state index contributed by atoms with van der Waals surface area (Å²) in [4.78, 5) is 12.5. The molecule has 0 aliphatic heterocycles. The number of aromatic nitrogens is 1. The molecule has 154 valence electrons. The number of halogens is 3. The number of fused-ring (bicyclic) bond motifs is 1. The molecule has 7 heteroatoms. The molecule has 0 fully saturated rings. The molecule has 0 saturated carbocycles. The van der Waals surface area contributed by atoms with Gasteiger partial charge < -0.3 is 14.6 Å². The first-order valence-corrected chi connectivity index (χ1v) is 9.28. The van der Waals surface area contributed by atoms with Gasteiger partial charge in [-0.2, -0.15) is 13.2 Å². The summed E-state index contributed by atoms with van der Waals surface area (Å²) in [7, 11) is 3.36. The van der Waals surface area contributed by atoms with Crippen LogP contribution in [0.3, 0.4) is 0 Å². The molecule has 0 radical (unpaired) electrons. The van der Waals surface area contributed by atoms with E-state index in [1.807, 2.05) is 42.1 Å². The maximum Gasteiger partial charge on any atom is 0.416 e. The number of amides is 1. The smallest absolute Gasteiger partial charge is 0.383 e. The summed E-state index contributed by atoms with van der Waals surface area (Å²) < 4.78 is 47.9. The Morgan fingerprint density at radius 1 is 1.10 bits per heavy atom. The Kier molecular flexibility index (Phi) is 6.27. The quantitative estimate of drug-likeness (QED) is 0.590. The minimum atomic E-state index is -4.51. The SMILES string of the molecule is COCCNC(=O)CC(c1ccccc1C(F)(F)F)c1cn(C)c2ccccc12.